The number of ether oxygens (including phenoxy) is 2. The molecule has 2 N–H and O–H groups in total. The van der Waals surface area contributed by atoms with Crippen molar-refractivity contribution in [2.75, 3.05) is 13.1 Å². The number of aliphatic hydroxyl groups excluding tert-OH is 1. The van der Waals surface area contributed by atoms with Crippen molar-refractivity contribution in [3.63, 3.8) is 0 Å². The van der Waals surface area contributed by atoms with E-state index in [2.05, 4.69) is 11.9 Å². The summed E-state index contributed by atoms with van der Waals surface area (Å²) in [6, 6.07) is 8.82. The molecule has 1 rings (SSSR count). The van der Waals surface area contributed by atoms with Gasteiger partial charge in [0.1, 0.15) is 12.2 Å². The van der Waals surface area contributed by atoms with Gasteiger partial charge in [0.25, 0.3) is 0 Å². The third-order valence-corrected chi connectivity index (χ3v) is 4.66. The zero-order chi connectivity index (χ0) is 27.0. The summed E-state index contributed by atoms with van der Waals surface area (Å²) in [5.74, 6) is 0.181. The fourth-order valence-corrected chi connectivity index (χ4v) is 3.03. The Bertz CT molecular complexity index is 784. The van der Waals surface area contributed by atoms with Gasteiger partial charge in [-0.05, 0) is 59.4 Å². The molecule has 198 valence electrons. The van der Waals surface area contributed by atoms with Crippen molar-refractivity contribution in [2.45, 2.75) is 86.2 Å². The standard InChI is InChI=1S/C25H40N2O5.C3H6/c1-8-19(4)14-21(26-23(29)32-25(5,6)7)22(28)16-27(15-18(2)3)24(30)31-17-20-12-10-9-11-13-20;1-3-2/h8-13,18,21-22,28H,14-17H2,1-7H3,(H,26,29);3H,1H2,2H3/b19-8+;/t21-,22+;/m0./s1. The zero-order valence-electron chi connectivity index (χ0n) is 22.8. The van der Waals surface area contributed by atoms with E-state index in [0.717, 1.165) is 11.1 Å². The number of carbonyl (C=O) groups excluding carboxylic acids is 2. The number of carbonyl (C=O) groups is 2. The Kier molecular flexibility index (Phi) is 15.4. The van der Waals surface area contributed by atoms with Crippen LogP contribution in [0.5, 0.6) is 0 Å². The third kappa shape index (κ3) is 15.7. The number of benzene rings is 1. The Labute approximate surface area is 212 Å². The van der Waals surface area contributed by atoms with Crippen LogP contribution in [0.1, 0.15) is 67.4 Å². The molecule has 0 spiro atoms. The van der Waals surface area contributed by atoms with E-state index in [-0.39, 0.29) is 19.1 Å². The van der Waals surface area contributed by atoms with E-state index in [9.17, 15) is 14.7 Å². The predicted octanol–water partition coefficient (Wildman–Crippen LogP) is 6.08. The second-order valence-electron chi connectivity index (χ2n) is 9.91. The lowest BCUT2D eigenvalue weighted by atomic mass is 10.0. The molecule has 0 fully saturated rings. The van der Waals surface area contributed by atoms with E-state index >= 15 is 0 Å². The van der Waals surface area contributed by atoms with Gasteiger partial charge in [-0.3, -0.25) is 0 Å². The van der Waals surface area contributed by atoms with Gasteiger partial charge in [-0.1, -0.05) is 61.9 Å². The Morgan fingerprint density at radius 3 is 2.20 bits per heavy atom. The van der Waals surface area contributed by atoms with E-state index in [1.54, 1.807) is 26.8 Å². The van der Waals surface area contributed by atoms with E-state index in [0.29, 0.717) is 13.0 Å². The molecule has 0 unspecified atom stereocenters. The van der Waals surface area contributed by atoms with Crippen molar-refractivity contribution < 1.29 is 24.2 Å². The molecule has 7 heteroatoms. The number of amides is 2. The van der Waals surface area contributed by atoms with Crippen LogP contribution in [0.15, 0.2) is 54.6 Å². The summed E-state index contributed by atoms with van der Waals surface area (Å²) < 4.78 is 10.8. The van der Waals surface area contributed by atoms with Crippen LogP contribution in [0.2, 0.25) is 0 Å². The molecular weight excluding hydrogens is 444 g/mol. The molecule has 0 heterocycles. The average Bonchev–Trinajstić information content (AvgIpc) is 2.76. The van der Waals surface area contributed by atoms with Crippen LogP contribution in [0.25, 0.3) is 0 Å². The van der Waals surface area contributed by atoms with Crippen molar-refractivity contribution in [3.05, 3.63) is 60.2 Å². The van der Waals surface area contributed by atoms with E-state index < -0.39 is 29.9 Å². The molecule has 0 aliphatic rings. The summed E-state index contributed by atoms with van der Waals surface area (Å²) in [5.41, 5.74) is 1.24. The predicted molar refractivity (Wildman–Crippen MR) is 142 cm³/mol. The molecule has 1 aromatic carbocycles. The third-order valence-electron chi connectivity index (χ3n) is 4.66. The van der Waals surface area contributed by atoms with Crippen LogP contribution < -0.4 is 5.32 Å². The Hall–Kier alpha value is -2.80. The number of rotatable bonds is 10. The smallest absolute Gasteiger partial charge is 0.410 e. The van der Waals surface area contributed by atoms with Crippen LogP contribution in [0.4, 0.5) is 9.59 Å². The van der Waals surface area contributed by atoms with Gasteiger partial charge in [-0.2, -0.15) is 0 Å². The minimum Gasteiger partial charge on any atom is -0.445 e. The lowest BCUT2D eigenvalue weighted by molar-refractivity contribution is 0.0323. The summed E-state index contributed by atoms with van der Waals surface area (Å²) in [7, 11) is 0. The number of alkyl carbamates (subject to hydrolysis) is 1. The molecule has 0 aliphatic carbocycles. The average molecular weight is 491 g/mol. The van der Waals surface area contributed by atoms with Gasteiger partial charge in [0, 0.05) is 6.54 Å². The van der Waals surface area contributed by atoms with Crippen molar-refractivity contribution in [1.29, 1.82) is 0 Å². The van der Waals surface area contributed by atoms with Crippen LogP contribution >= 0.6 is 0 Å². The lowest BCUT2D eigenvalue weighted by Gasteiger charge is -2.31. The number of nitrogens with one attached hydrogen (secondary N) is 1. The number of hydrogen-bond donors (Lipinski definition) is 2. The maximum Gasteiger partial charge on any atom is 0.410 e. The number of aliphatic hydroxyl groups is 1. The zero-order valence-corrected chi connectivity index (χ0v) is 22.8. The highest BCUT2D eigenvalue weighted by atomic mass is 16.6. The van der Waals surface area contributed by atoms with Gasteiger partial charge in [-0.25, -0.2) is 9.59 Å². The van der Waals surface area contributed by atoms with E-state index in [1.807, 2.05) is 71.0 Å². The van der Waals surface area contributed by atoms with Crippen LogP contribution in [-0.4, -0.2) is 53.0 Å². The molecular formula is C28H46N2O5. The van der Waals surface area contributed by atoms with Crippen molar-refractivity contribution in [2.24, 2.45) is 5.92 Å². The number of hydrogen-bond acceptors (Lipinski definition) is 5. The first-order valence-corrected chi connectivity index (χ1v) is 12.1. The fraction of sp³-hybridized carbons (Fsp3) is 0.571. The van der Waals surface area contributed by atoms with E-state index in [4.69, 9.17) is 9.47 Å². The van der Waals surface area contributed by atoms with Crippen molar-refractivity contribution in [3.8, 4) is 0 Å². The fourth-order valence-electron chi connectivity index (χ4n) is 3.03. The molecule has 0 saturated heterocycles. The van der Waals surface area contributed by atoms with Crippen molar-refractivity contribution >= 4 is 12.2 Å². The first-order chi connectivity index (χ1) is 16.3. The first kappa shape index (κ1) is 32.2. The first-order valence-electron chi connectivity index (χ1n) is 12.1. The highest BCUT2D eigenvalue weighted by molar-refractivity contribution is 5.69. The summed E-state index contributed by atoms with van der Waals surface area (Å²) in [6.45, 7) is 19.0. The molecule has 0 radical (unpaired) electrons. The minimum absolute atomic E-state index is 0.0310. The van der Waals surface area contributed by atoms with Crippen LogP contribution in [-0.2, 0) is 16.1 Å². The number of allylic oxidation sites excluding steroid dienone is 2. The quantitative estimate of drug-likeness (QED) is 0.388. The normalized spacial score (nSPS) is 13.1. The number of nitrogens with zero attached hydrogens (tertiary/aromatic N) is 1. The topological polar surface area (TPSA) is 88.1 Å². The summed E-state index contributed by atoms with van der Waals surface area (Å²) >= 11 is 0. The Balaban J connectivity index is 0.00000365. The second kappa shape index (κ2) is 16.8. The van der Waals surface area contributed by atoms with Gasteiger partial charge in [0.05, 0.1) is 18.7 Å². The maximum atomic E-state index is 12.8. The maximum absolute atomic E-state index is 12.8. The molecule has 35 heavy (non-hydrogen) atoms. The minimum atomic E-state index is -1.000. The van der Waals surface area contributed by atoms with Gasteiger partial charge in [0.15, 0.2) is 0 Å². The largest absolute Gasteiger partial charge is 0.445 e. The summed E-state index contributed by atoms with van der Waals surface area (Å²) in [5, 5.41) is 13.7. The Morgan fingerprint density at radius 1 is 1.14 bits per heavy atom. The van der Waals surface area contributed by atoms with Gasteiger partial charge in [-0.15, -0.1) is 6.58 Å². The molecule has 0 aliphatic heterocycles. The molecule has 0 saturated carbocycles. The molecule has 0 bridgehead atoms. The Morgan fingerprint density at radius 2 is 1.71 bits per heavy atom. The molecule has 0 aromatic heterocycles. The summed E-state index contributed by atoms with van der Waals surface area (Å²) in [6.07, 6.45) is 2.01. The molecule has 2 atom stereocenters. The van der Waals surface area contributed by atoms with Crippen LogP contribution in [0, 0.1) is 5.92 Å². The van der Waals surface area contributed by atoms with Crippen LogP contribution in [0.3, 0.4) is 0 Å². The highest BCUT2D eigenvalue weighted by Gasteiger charge is 2.28. The molecule has 7 nitrogen and oxygen atoms in total. The lowest BCUT2D eigenvalue weighted by Crippen LogP contribution is -2.51. The van der Waals surface area contributed by atoms with Gasteiger partial charge >= 0.3 is 12.2 Å². The van der Waals surface area contributed by atoms with E-state index in [1.165, 1.54) is 4.90 Å². The highest BCUT2D eigenvalue weighted by Crippen LogP contribution is 2.14. The van der Waals surface area contributed by atoms with Crippen molar-refractivity contribution in [1.82, 2.24) is 10.2 Å². The van der Waals surface area contributed by atoms with Gasteiger partial charge < -0.3 is 24.8 Å². The second-order valence-corrected chi connectivity index (χ2v) is 9.91. The summed E-state index contributed by atoms with van der Waals surface area (Å²) in [4.78, 5) is 26.6. The molecule has 2 amide bonds. The van der Waals surface area contributed by atoms with Gasteiger partial charge in [0.2, 0.25) is 0 Å². The monoisotopic (exact) mass is 490 g/mol. The SMILES string of the molecule is C/C=C(\C)C[C@H](NC(=O)OC(C)(C)C)[C@H](O)CN(CC(C)C)C(=O)OCc1ccccc1.C=CC. The molecule has 1 aromatic rings.